The number of ether oxygens (including phenoxy) is 4. The third-order valence-corrected chi connectivity index (χ3v) is 4.06. The Bertz CT molecular complexity index is 391. The SMILES string of the molecule is COC1C=CCCCCCOCC(C)=CC(C)C1OCCOC=O. The first-order valence-corrected chi connectivity index (χ1v) is 8.80. The Morgan fingerprint density at radius 3 is 2.88 bits per heavy atom. The zero-order chi connectivity index (χ0) is 17.6. The number of allylic oxidation sites excluding steroid dienone is 1. The van der Waals surface area contributed by atoms with Gasteiger partial charge in [-0.3, -0.25) is 4.79 Å². The van der Waals surface area contributed by atoms with Crippen LogP contribution < -0.4 is 0 Å². The smallest absolute Gasteiger partial charge is 0.293 e. The topological polar surface area (TPSA) is 54.0 Å². The second kappa shape index (κ2) is 13.2. The first-order valence-electron chi connectivity index (χ1n) is 8.80. The highest BCUT2D eigenvalue weighted by molar-refractivity contribution is 5.36. The van der Waals surface area contributed by atoms with E-state index in [1.807, 2.05) is 0 Å². The van der Waals surface area contributed by atoms with Crippen molar-refractivity contribution >= 4 is 6.47 Å². The molecule has 5 heteroatoms. The normalized spacial score (nSPS) is 27.1. The maximum atomic E-state index is 10.3. The van der Waals surface area contributed by atoms with Gasteiger partial charge in [0.2, 0.25) is 0 Å². The molecule has 0 aromatic heterocycles. The molecule has 0 amide bonds. The van der Waals surface area contributed by atoms with Crippen LogP contribution in [0.15, 0.2) is 23.8 Å². The number of hydrogen-bond donors (Lipinski definition) is 0. The summed E-state index contributed by atoms with van der Waals surface area (Å²) >= 11 is 0. The third-order valence-electron chi connectivity index (χ3n) is 4.06. The van der Waals surface area contributed by atoms with Crippen molar-refractivity contribution in [1.29, 1.82) is 0 Å². The van der Waals surface area contributed by atoms with Crippen LogP contribution in [-0.4, -0.2) is 52.2 Å². The second-order valence-electron chi connectivity index (χ2n) is 6.20. The molecule has 0 spiro atoms. The number of rotatable bonds is 6. The molecule has 0 aromatic carbocycles. The highest BCUT2D eigenvalue weighted by Gasteiger charge is 2.25. The van der Waals surface area contributed by atoms with E-state index in [1.165, 1.54) is 12.0 Å². The van der Waals surface area contributed by atoms with E-state index in [0.29, 0.717) is 19.7 Å². The summed E-state index contributed by atoms with van der Waals surface area (Å²) in [6.45, 7) is 6.69. The van der Waals surface area contributed by atoms with Crippen molar-refractivity contribution in [3.8, 4) is 0 Å². The van der Waals surface area contributed by atoms with Crippen LogP contribution in [0.3, 0.4) is 0 Å². The standard InChI is InChI=1S/C19H32O5/c1-16-13-17(2)19(24-12-11-23-15-20)18(21-3)9-7-5-4-6-8-10-22-14-16/h7,9,13,15,17-19H,4-6,8,10-12,14H2,1-3H3. The van der Waals surface area contributed by atoms with Crippen molar-refractivity contribution in [1.82, 2.24) is 0 Å². The van der Waals surface area contributed by atoms with Crippen LogP contribution >= 0.6 is 0 Å². The lowest BCUT2D eigenvalue weighted by atomic mass is 9.96. The Hall–Kier alpha value is -1.17. The van der Waals surface area contributed by atoms with E-state index in [-0.39, 0.29) is 24.7 Å². The highest BCUT2D eigenvalue weighted by atomic mass is 16.6. The average molecular weight is 340 g/mol. The molecule has 5 nitrogen and oxygen atoms in total. The first kappa shape index (κ1) is 20.9. The van der Waals surface area contributed by atoms with Gasteiger partial charge in [0.05, 0.1) is 19.3 Å². The molecular formula is C19H32O5. The van der Waals surface area contributed by atoms with Crippen LogP contribution in [0.4, 0.5) is 0 Å². The van der Waals surface area contributed by atoms with Crippen molar-refractivity contribution in [2.75, 3.05) is 33.5 Å². The fourth-order valence-corrected chi connectivity index (χ4v) is 2.85. The molecule has 1 rings (SSSR count). The molecule has 0 bridgehead atoms. The van der Waals surface area contributed by atoms with Gasteiger partial charge in [-0.25, -0.2) is 0 Å². The number of hydrogen-bond acceptors (Lipinski definition) is 5. The lowest BCUT2D eigenvalue weighted by Crippen LogP contribution is -2.35. The largest absolute Gasteiger partial charge is 0.465 e. The van der Waals surface area contributed by atoms with E-state index >= 15 is 0 Å². The van der Waals surface area contributed by atoms with E-state index in [0.717, 1.165) is 25.9 Å². The van der Waals surface area contributed by atoms with Crippen molar-refractivity contribution in [2.24, 2.45) is 5.92 Å². The fourth-order valence-electron chi connectivity index (χ4n) is 2.85. The van der Waals surface area contributed by atoms with Gasteiger partial charge < -0.3 is 18.9 Å². The fraction of sp³-hybridized carbons (Fsp3) is 0.737. The molecule has 1 aliphatic heterocycles. The molecule has 0 saturated carbocycles. The summed E-state index contributed by atoms with van der Waals surface area (Å²) in [5, 5.41) is 0. The van der Waals surface area contributed by atoms with Crippen LogP contribution in [0.1, 0.15) is 39.5 Å². The van der Waals surface area contributed by atoms with Crippen molar-refractivity contribution in [2.45, 2.75) is 51.7 Å². The molecule has 1 heterocycles. The summed E-state index contributed by atoms with van der Waals surface area (Å²) in [5.41, 5.74) is 1.19. The van der Waals surface area contributed by atoms with Gasteiger partial charge in [-0.2, -0.15) is 0 Å². The summed E-state index contributed by atoms with van der Waals surface area (Å²) in [4.78, 5) is 10.3. The van der Waals surface area contributed by atoms with Crippen LogP contribution in [0.5, 0.6) is 0 Å². The molecule has 1 aliphatic rings. The minimum absolute atomic E-state index is 0.135. The molecule has 0 aromatic rings. The first-order chi connectivity index (χ1) is 11.7. The molecule has 3 atom stereocenters. The van der Waals surface area contributed by atoms with Gasteiger partial charge in [0, 0.05) is 19.6 Å². The molecule has 24 heavy (non-hydrogen) atoms. The zero-order valence-corrected chi connectivity index (χ0v) is 15.2. The van der Waals surface area contributed by atoms with Gasteiger partial charge in [-0.05, 0) is 26.2 Å². The Balaban J connectivity index is 2.81. The molecule has 0 radical (unpaired) electrons. The van der Waals surface area contributed by atoms with Crippen LogP contribution in [0.25, 0.3) is 0 Å². The molecule has 3 unspecified atom stereocenters. The quantitative estimate of drug-likeness (QED) is 0.422. The Morgan fingerprint density at radius 2 is 2.12 bits per heavy atom. The van der Waals surface area contributed by atoms with Crippen LogP contribution in [0, 0.1) is 5.92 Å². The van der Waals surface area contributed by atoms with E-state index in [2.05, 4.69) is 32.1 Å². The van der Waals surface area contributed by atoms with E-state index in [4.69, 9.17) is 18.9 Å². The minimum Gasteiger partial charge on any atom is -0.465 e. The van der Waals surface area contributed by atoms with Gasteiger partial charge in [0.1, 0.15) is 12.7 Å². The minimum atomic E-state index is -0.139. The summed E-state index contributed by atoms with van der Waals surface area (Å²) in [5.74, 6) is 0.155. The van der Waals surface area contributed by atoms with E-state index < -0.39 is 0 Å². The van der Waals surface area contributed by atoms with Crippen LogP contribution in [-0.2, 0) is 23.7 Å². The summed E-state index contributed by atoms with van der Waals surface area (Å²) in [6, 6.07) is 0. The monoisotopic (exact) mass is 340 g/mol. The predicted octanol–water partition coefficient (Wildman–Crippen LogP) is 3.29. The average Bonchev–Trinajstić information content (AvgIpc) is 2.57. The van der Waals surface area contributed by atoms with Crippen molar-refractivity contribution in [3.05, 3.63) is 23.8 Å². The number of methoxy groups -OCH3 is 1. The van der Waals surface area contributed by atoms with Crippen molar-refractivity contribution < 1.29 is 23.7 Å². The lowest BCUT2D eigenvalue weighted by molar-refractivity contribution is -0.132. The highest BCUT2D eigenvalue weighted by Crippen LogP contribution is 2.19. The summed E-state index contributed by atoms with van der Waals surface area (Å²) < 4.78 is 22.0. The van der Waals surface area contributed by atoms with Gasteiger partial charge in [-0.15, -0.1) is 0 Å². The summed E-state index contributed by atoms with van der Waals surface area (Å²) in [6.07, 6.45) is 10.6. The Morgan fingerprint density at radius 1 is 1.29 bits per heavy atom. The maximum absolute atomic E-state index is 10.3. The van der Waals surface area contributed by atoms with Crippen LogP contribution in [0.2, 0.25) is 0 Å². The predicted molar refractivity (Wildman–Crippen MR) is 93.9 cm³/mol. The maximum Gasteiger partial charge on any atom is 0.293 e. The van der Waals surface area contributed by atoms with Gasteiger partial charge >= 0.3 is 0 Å². The second-order valence-corrected chi connectivity index (χ2v) is 6.20. The molecule has 0 aliphatic carbocycles. The molecular weight excluding hydrogens is 308 g/mol. The molecule has 0 saturated heterocycles. The van der Waals surface area contributed by atoms with Crippen molar-refractivity contribution in [3.63, 3.8) is 0 Å². The van der Waals surface area contributed by atoms with E-state index in [1.54, 1.807) is 7.11 Å². The van der Waals surface area contributed by atoms with Gasteiger partial charge in [0.25, 0.3) is 6.47 Å². The van der Waals surface area contributed by atoms with E-state index in [9.17, 15) is 4.79 Å². The molecule has 0 N–H and O–H groups in total. The Labute approximate surface area is 146 Å². The lowest BCUT2D eigenvalue weighted by Gasteiger charge is -2.28. The zero-order valence-electron chi connectivity index (χ0n) is 15.2. The third kappa shape index (κ3) is 8.62. The summed E-state index contributed by atoms with van der Waals surface area (Å²) in [7, 11) is 1.70. The Kier molecular flexibility index (Phi) is 11.4. The van der Waals surface area contributed by atoms with Gasteiger partial charge in [-0.1, -0.05) is 37.1 Å². The number of carbonyl (C=O) groups excluding carboxylic acids is 1. The molecule has 0 fully saturated rings. The van der Waals surface area contributed by atoms with Gasteiger partial charge in [0.15, 0.2) is 0 Å². The number of carbonyl (C=O) groups is 1. The molecule has 138 valence electrons.